The van der Waals surface area contributed by atoms with E-state index in [9.17, 15) is 0 Å². The van der Waals surface area contributed by atoms with Gasteiger partial charge in [0.05, 0.1) is 0 Å². The molecule has 0 spiro atoms. The fourth-order valence-electron chi connectivity index (χ4n) is 1.82. The van der Waals surface area contributed by atoms with Crippen LogP contribution in [0, 0.1) is 5.92 Å². The Bertz CT molecular complexity index is 461. The molecule has 1 aromatic heterocycles. The van der Waals surface area contributed by atoms with Crippen molar-refractivity contribution in [2.75, 3.05) is 6.54 Å². The molecule has 0 radical (unpaired) electrons. The average molecular weight is 259 g/mol. The molecule has 1 N–H and O–H groups in total. The zero-order chi connectivity index (χ0) is 12.8. The van der Waals surface area contributed by atoms with Crippen molar-refractivity contribution >= 4 is 11.3 Å². The predicted molar refractivity (Wildman–Crippen MR) is 80.9 cm³/mol. The molecular formula is C16H21NS. The minimum absolute atomic E-state index is 0.763. The normalized spacial score (nSPS) is 12.6. The molecule has 0 aliphatic heterocycles. The van der Waals surface area contributed by atoms with E-state index in [1.807, 2.05) is 11.3 Å². The third kappa shape index (κ3) is 3.69. The molecule has 0 aliphatic rings. The zero-order valence-electron chi connectivity index (χ0n) is 11.1. The Balaban J connectivity index is 1.91. The van der Waals surface area contributed by atoms with Crippen molar-refractivity contribution in [2.24, 2.45) is 5.92 Å². The summed E-state index contributed by atoms with van der Waals surface area (Å²) in [6.07, 6.45) is 1.24. The minimum atomic E-state index is 0.763. The minimum Gasteiger partial charge on any atom is -0.312 e. The largest absolute Gasteiger partial charge is 0.312 e. The first-order valence-corrected chi connectivity index (χ1v) is 7.46. The van der Waals surface area contributed by atoms with Gasteiger partial charge in [-0.1, -0.05) is 50.6 Å². The van der Waals surface area contributed by atoms with Crippen LogP contribution >= 0.6 is 11.3 Å². The first-order chi connectivity index (χ1) is 8.79. The fourth-order valence-corrected chi connectivity index (χ4v) is 2.80. The van der Waals surface area contributed by atoms with Gasteiger partial charge in [-0.05, 0) is 30.2 Å². The second kappa shape index (κ2) is 6.72. The highest BCUT2D eigenvalue weighted by Crippen LogP contribution is 2.27. The number of nitrogens with one attached hydrogen (secondary N) is 1. The predicted octanol–water partition coefficient (Wildman–Crippen LogP) is 4.55. The molecule has 0 fully saturated rings. The van der Waals surface area contributed by atoms with Crippen molar-refractivity contribution in [1.82, 2.24) is 5.32 Å². The van der Waals surface area contributed by atoms with Crippen molar-refractivity contribution in [1.29, 1.82) is 0 Å². The molecule has 18 heavy (non-hydrogen) atoms. The number of rotatable bonds is 6. The van der Waals surface area contributed by atoms with Gasteiger partial charge in [0, 0.05) is 16.3 Å². The molecule has 96 valence electrons. The monoisotopic (exact) mass is 259 g/mol. The molecule has 1 nitrogen and oxygen atoms in total. The molecule has 1 aromatic carbocycles. The van der Waals surface area contributed by atoms with Gasteiger partial charge in [-0.2, -0.15) is 0 Å². The third-order valence-corrected chi connectivity index (χ3v) is 4.34. The van der Waals surface area contributed by atoms with Crippen LogP contribution in [0.15, 0.2) is 42.5 Å². The van der Waals surface area contributed by atoms with E-state index in [0.29, 0.717) is 0 Å². The van der Waals surface area contributed by atoms with Gasteiger partial charge in [0.25, 0.3) is 0 Å². The number of hydrogen-bond acceptors (Lipinski definition) is 2. The highest BCUT2D eigenvalue weighted by molar-refractivity contribution is 7.15. The summed E-state index contributed by atoms with van der Waals surface area (Å²) in [5, 5.41) is 3.53. The summed E-state index contributed by atoms with van der Waals surface area (Å²) in [6, 6.07) is 15.0. The third-order valence-electron chi connectivity index (χ3n) is 3.21. The fraction of sp³-hybridized carbons (Fsp3) is 0.375. The molecule has 1 heterocycles. The maximum absolute atomic E-state index is 3.53. The molecule has 0 saturated carbocycles. The van der Waals surface area contributed by atoms with Crippen LogP contribution in [-0.2, 0) is 6.54 Å². The molecule has 2 rings (SSSR count). The first-order valence-electron chi connectivity index (χ1n) is 6.64. The number of benzene rings is 1. The van der Waals surface area contributed by atoms with Crippen molar-refractivity contribution in [3.05, 3.63) is 47.3 Å². The topological polar surface area (TPSA) is 12.0 Å². The Hall–Kier alpha value is -1.12. The van der Waals surface area contributed by atoms with Crippen molar-refractivity contribution in [3.8, 4) is 10.4 Å². The van der Waals surface area contributed by atoms with E-state index in [1.165, 1.54) is 21.7 Å². The first kappa shape index (κ1) is 13.3. The van der Waals surface area contributed by atoms with E-state index in [1.54, 1.807) is 0 Å². The lowest BCUT2D eigenvalue weighted by Crippen LogP contribution is -2.19. The van der Waals surface area contributed by atoms with Crippen LogP contribution in [0.1, 0.15) is 25.1 Å². The van der Waals surface area contributed by atoms with E-state index in [4.69, 9.17) is 0 Å². The van der Waals surface area contributed by atoms with Crippen LogP contribution < -0.4 is 5.32 Å². The van der Waals surface area contributed by atoms with Crippen LogP contribution in [0.5, 0.6) is 0 Å². The quantitative estimate of drug-likeness (QED) is 0.802. The Kier molecular flexibility index (Phi) is 4.97. The Morgan fingerprint density at radius 2 is 1.89 bits per heavy atom. The van der Waals surface area contributed by atoms with Crippen LogP contribution in [0.2, 0.25) is 0 Å². The molecule has 0 aliphatic carbocycles. The van der Waals surface area contributed by atoms with E-state index >= 15 is 0 Å². The van der Waals surface area contributed by atoms with Crippen LogP contribution in [0.3, 0.4) is 0 Å². The standard InChI is InChI=1S/C16H21NS/c1-3-13(2)11-17-12-15-9-10-16(18-15)14-7-5-4-6-8-14/h4-10,13,17H,3,11-12H2,1-2H3. The van der Waals surface area contributed by atoms with E-state index in [0.717, 1.165) is 19.0 Å². The van der Waals surface area contributed by atoms with Gasteiger partial charge >= 0.3 is 0 Å². The lowest BCUT2D eigenvalue weighted by Gasteiger charge is -2.08. The molecule has 0 amide bonds. The van der Waals surface area contributed by atoms with Gasteiger partial charge in [-0.3, -0.25) is 0 Å². The zero-order valence-corrected chi connectivity index (χ0v) is 12.0. The number of hydrogen-bond donors (Lipinski definition) is 1. The maximum Gasteiger partial charge on any atom is 0.0346 e. The second-order valence-corrected chi connectivity index (χ2v) is 5.94. The summed E-state index contributed by atoms with van der Waals surface area (Å²) >= 11 is 1.88. The van der Waals surface area contributed by atoms with Gasteiger partial charge in [0.15, 0.2) is 0 Å². The molecule has 2 heteroatoms. The van der Waals surface area contributed by atoms with E-state index < -0.39 is 0 Å². The Labute approximate surface area is 114 Å². The smallest absolute Gasteiger partial charge is 0.0346 e. The van der Waals surface area contributed by atoms with Crippen molar-refractivity contribution in [2.45, 2.75) is 26.8 Å². The van der Waals surface area contributed by atoms with Crippen molar-refractivity contribution in [3.63, 3.8) is 0 Å². The molecule has 1 atom stereocenters. The van der Waals surface area contributed by atoms with Gasteiger partial charge in [0.1, 0.15) is 0 Å². The molecule has 1 unspecified atom stereocenters. The highest BCUT2D eigenvalue weighted by atomic mass is 32.1. The SMILES string of the molecule is CCC(C)CNCc1ccc(-c2ccccc2)s1. The van der Waals surface area contributed by atoms with Gasteiger partial charge in [0.2, 0.25) is 0 Å². The average Bonchev–Trinajstić information content (AvgIpc) is 2.88. The van der Waals surface area contributed by atoms with Gasteiger partial charge in [-0.15, -0.1) is 11.3 Å². The van der Waals surface area contributed by atoms with Gasteiger partial charge < -0.3 is 5.32 Å². The van der Waals surface area contributed by atoms with Crippen molar-refractivity contribution < 1.29 is 0 Å². The summed E-state index contributed by atoms with van der Waals surface area (Å²) in [6.45, 7) is 6.62. The highest BCUT2D eigenvalue weighted by Gasteiger charge is 2.03. The van der Waals surface area contributed by atoms with Crippen LogP contribution in [-0.4, -0.2) is 6.54 Å². The van der Waals surface area contributed by atoms with E-state index in [-0.39, 0.29) is 0 Å². The summed E-state index contributed by atoms with van der Waals surface area (Å²) in [5.41, 5.74) is 1.32. The second-order valence-electron chi connectivity index (χ2n) is 4.78. The molecule has 0 saturated heterocycles. The molecule has 2 aromatic rings. The Morgan fingerprint density at radius 3 is 2.61 bits per heavy atom. The molecular weight excluding hydrogens is 238 g/mol. The lowest BCUT2D eigenvalue weighted by atomic mass is 10.1. The number of thiophene rings is 1. The van der Waals surface area contributed by atoms with E-state index in [2.05, 4.69) is 61.6 Å². The van der Waals surface area contributed by atoms with Crippen LogP contribution in [0.4, 0.5) is 0 Å². The summed E-state index contributed by atoms with van der Waals surface area (Å²) in [4.78, 5) is 2.77. The lowest BCUT2D eigenvalue weighted by molar-refractivity contribution is 0.501. The van der Waals surface area contributed by atoms with Crippen LogP contribution in [0.25, 0.3) is 10.4 Å². The summed E-state index contributed by atoms with van der Waals surface area (Å²) < 4.78 is 0. The summed E-state index contributed by atoms with van der Waals surface area (Å²) in [7, 11) is 0. The van der Waals surface area contributed by atoms with Gasteiger partial charge in [-0.25, -0.2) is 0 Å². The Morgan fingerprint density at radius 1 is 1.11 bits per heavy atom. The maximum atomic E-state index is 3.53. The molecule has 0 bridgehead atoms. The summed E-state index contributed by atoms with van der Waals surface area (Å²) in [5.74, 6) is 0.763.